The molecule has 0 radical (unpaired) electrons. The summed E-state index contributed by atoms with van der Waals surface area (Å²) in [5, 5.41) is 0.354. The number of carbonyl (C=O) groups excluding carboxylic acids is 1. The van der Waals surface area contributed by atoms with Crippen LogP contribution in [-0.2, 0) is 11.2 Å². The molecule has 2 unspecified atom stereocenters. The molecule has 1 aromatic rings. The molecule has 1 aliphatic carbocycles. The fourth-order valence-corrected chi connectivity index (χ4v) is 2.98. The van der Waals surface area contributed by atoms with Crippen molar-refractivity contribution < 1.29 is 9.18 Å². The van der Waals surface area contributed by atoms with Gasteiger partial charge in [0.25, 0.3) is 0 Å². The Balaban J connectivity index is 2.07. The average Bonchev–Trinajstić information content (AvgIpc) is 2.34. The van der Waals surface area contributed by atoms with Crippen LogP contribution in [0.1, 0.15) is 38.2 Å². The van der Waals surface area contributed by atoms with E-state index in [1.807, 2.05) is 0 Å². The van der Waals surface area contributed by atoms with Crippen molar-refractivity contribution in [3.63, 3.8) is 0 Å². The van der Waals surface area contributed by atoms with Crippen molar-refractivity contribution in [3.8, 4) is 0 Å². The van der Waals surface area contributed by atoms with E-state index in [4.69, 9.17) is 11.6 Å². The Bertz CT molecular complexity index is 424. The zero-order chi connectivity index (χ0) is 13.1. The largest absolute Gasteiger partial charge is 0.299 e. The zero-order valence-electron chi connectivity index (χ0n) is 10.6. The van der Waals surface area contributed by atoms with Crippen LogP contribution in [0.3, 0.4) is 0 Å². The molecule has 0 heterocycles. The molecule has 0 saturated heterocycles. The highest BCUT2D eigenvalue weighted by Crippen LogP contribution is 2.31. The lowest BCUT2D eigenvalue weighted by atomic mass is 9.79. The molecule has 1 nitrogen and oxygen atoms in total. The number of carbonyl (C=O) groups is 1. The summed E-state index contributed by atoms with van der Waals surface area (Å²) >= 11 is 5.95. The molecule has 0 aromatic heterocycles. The normalized spacial score (nSPS) is 23.9. The van der Waals surface area contributed by atoms with E-state index in [2.05, 4.69) is 6.92 Å². The Hall–Kier alpha value is -0.890. The minimum absolute atomic E-state index is 0.0874. The highest BCUT2D eigenvalue weighted by Gasteiger charge is 2.26. The highest BCUT2D eigenvalue weighted by atomic mass is 35.5. The first kappa shape index (κ1) is 13.5. The zero-order valence-corrected chi connectivity index (χ0v) is 11.3. The van der Waals surface area contributed by atoms with Gasteiger partial charge in [-0.05, 0) is 30.9 Å². The van der Waals surface area contributed by atoms with Crippen LogP contribution in [0.5, 0.6) is 0 Å². The molecule has 1 saturated carbocycles. The van der Waals surface area contributed by atoms with Crippen LogP contribution in [0.4, 0.5) is 4.39 Å². The molecule has 1 aromatic carbocycles. The summed E-state index contributed by atoms with van der Waals surface area (Å²) in [5.41, 5.74) is 0.349. The van der Waals surface area contributed by atoms with E-state index in [1.54, 1.807) is 12.1 Å². The van der Waals surface area contributed by atoms with Crippen LogP contribution in [0.25, 0.3) is 0 Å². The van der Waals surface area contributed by atoms with E-state index < -0.39 is 0 Å². The van der Waals surface area contributed by atoms with E-state index in [9.17, 15) is 9.18 Å². The van der Waals surface area contributed by atoms with Crippen molar-refractivity contribution >= 4 is 17.4 Å². The molecule has 1 fully saturated rings. The Morgan fingerprint density at radius 1 is 1.44 bits per heavy atom. The monoisotopic (exact) mass is 268 g/mol. The van der Waals surface area contributed by atoms with Crippen LogP contribution in [0.2, 0.25) is 5.02 Å². The second-order valence-corrected chi connectivity index (χ2v) is 5.72. The Morgan fingerprint density at radius 2 is 2.22 bits per heavy atom. The Morgan fingerprint density at radius 3 is 2.89 bits per heavy atom. The number of rotatable bonds is 3. The van der Waals surface area contributed by atoms with Gasteiger partial charge in [-0.1, -0.05) is 37.4 Å². The van der Waals surface area contributed by atoms with Gasteiger partial charge in [0.1, 0.15) is 11.6 Å². The smallest absolute Gasteiger partial charge is 0.140 e. The molecular weight excluding hydrogens is 251 g/mol. The summed E-state index contributed by atoms with van der Waals surface area (Å²) in [4.78, 5) is 12.2. The van der Waals surface area contributed by atoms with E-state index in [1.165, 1.54) is 12.5 Å². The molecule has 18 heavy (non-hydrogen) atoms. The molecule has 0 aliphatic heterocycles. The third-order valence-corrected chi connectivity index (χ3v) is 4.16. The summed E-state index contributed by atoms with van der Waals surface area (Å²) in [7, 11) is 0. The average molecular weight is 269 g/mol. The van der Waals surface area contributed by atoms with Gasteiger partial charge in [-0.15, -0.1) is 0 Å². The van der Waals surface area contributed by atoms with Crippen molar-refractivity contribution in [1.29, 1.82) is 0 Å². The van der Waals surface area contributed by atoms with Gasteiger partial charge in [0.05, 0.1) is 0 Å². The van der Waals surface area contributed by atoms with Gasteiger partial charge in [0.2, 0.25) is 0 Å². The maximum atomic E-state index is 13.6. The standard InChI is InChI=1S/C15H18ClFO/c1-10-4-2-5-11(8-10)15(18)9-12-13(16)6-3-7-14(12)17/h3,6-7,10-11H,2,4-5,8-9H2,1H3. The minimum Gasteiger partial charge on any atom is -0.299 e. The molecule has 3 heteroatoms. The number of hydrogen-bond acceptors (Lipinski definition) is 1. The van der Waals surface area contributed by atoms with Crippen molar-refractivity contribution in [2.75, 3.05) is 0 Å². The van der Waals surface area contributed by atoms with Gasteiger partial charge in [0, 0.05) is 22.9 Å². The Kier molecular flexibility index (Phi) is 4.39. The van der Waals surface area contributed by atoms with E-state index >= 15 is 0 Å². The molecule has 0 spiro atoms. The summed E-state index contributed by atoms with van der Waals surface area (Å²) in [6, 6.07) is 4.56. The topological polar surface area (TPSA) is 17.1 Å². The number of benzene rings is 1. The van der Waals surface area contributed by atoms with Crippen molar-refractivity contribution in [2.24, 2.45) is 11.8 Å². The van der Waals surface area contributed by atoms with Crippen molar-refractivity contribution in [1.82, 2.24) is 0 Å². The maximum absolute atomic E-state index is 13.6. The van der Waals surface area contributed by atoms with Crippen LogP contribution in [0, 0.1) is 17.7 Å². The predicted octanol–water partition coefficient (Wildman–Crippen LogP) is 4.42. The van der Waals surface area contributed by atoms with Crippen LogP contribution in [0.15, 0.2) is 18.2 Å². The van der Waals surface area contributed by atoms with Crippen LogP contribution >= 0.6 is 11.6 Å². The number of ketones is 1. The van der Waals surface area contributed by atoms with Crippen LogP contribution < -0.4 is 0 Å². The van der Waals surface area contributed by atoms with E-state index in [0.717, 1.165) is 19.3 Å². The second-order valence-electron chi connectivity index (χ2n) is 5.31. The predicted molar refractivity (Wildman–Crippen MR) is 71.2 cm³/mol. The number of Topliss-reactive ketones (excluding diaryl/α,β-unsaturated/α-hetero) is 1. The quantitative estimate of drug-likeness (QED) is 0.793. The van der Waals surface area contributed by atoms with Gasteiger partial charge in [-0.25, -0.2) is 4.39 Å². The third-order valence-electron chi connectivity index (χ3n) is 3.80. The molecule has 1 aliphatic rings. The molecule has 0 bridgehead atoms. The maximum Gasteiger partial charge on any atom is 0.140 e. The van der Waals surface area contributed by atoms with Gasteiger partial charge in [-0.3, -0.25) is 4.79 Å². The van der Waals surface area contributed by atoms with Gasteiger partial charge < -0.3 is 0 Å². The number of halogens is 2. The van der Waals surface area contributed by atoms with Gasteiger partial charge in [-0.2, -0.15) is 0 Å². The van der Waals surface area contributed by atoms with Gasteiger partial charge >= 0.3 is 0 Å². The lowest BCUT2D eigenvalue weighted by Crippen LogP contribution is -2.23. The van der Waals surface area contributed by atoms with Crippen molar-refractivity contribution in [2.45, 2.75) is 39.0 Å². The minimum atomic E-state index is -0.375. The summed E-state index contributed by atoms with van der Waals surface area (Å²) in [6.07, 6.45) is 4.30. The molecule has 0 amide bonds. The first-order valence-electron chi connectivity index (χ1n) is 6.53. The SMILES string of the molecule is CC1CCCC(C(=O)Cc2c(F)cccc2Cl)C1. The summed E-state index contributed by atoms with van der Waals surface area (Å²) in [6.45, 7) is 2.18. The second kappa shape index (κ2) is 5.83. The molecule has 2 rings (SSSR count). The fourth-order valence-electron chi connectivity index (χ4n) is 2.75. The summed E-state index contributed by atoms with van der Waals surface area (Å²) in [5.74, 6) is 0.446. The molecular formula is C15H18ClFO. The first-order chi connectivity index (χ1) is 8.58. The lowest BCUT2D eigenvalue weighted by molar-refractivity contribution is -0.123. The van der Waals surface area contributed by atoms with Crippen molar-refractivity contribution in [3.05, 3.63) is 34.6 Å². The molecule has 98 valence electrons. The molecule has 0 N–H and O–H groups in total. The highest BCUT2D eigenvalue weighted by molar-refractivity contribution is 6.31. The number of hydrogen-bond donors (Lipinski definition) is 0. The third kappa shape index (κ3) is 3.11. The van der Waals surface area contributed by atoms with E-state index in [0.29, 0.717) is 16.5 Å². The van der Waals surface area contributed by atoms with Crippen LogP contribution in [-0.4, -0.2) is 5.78 Å². The molecule has 2 atom stereocenters. The Labute approximate surface area is 112 Å². The first-order valence-corrected chi connectivity index (χ1v) is 6.91. The summed E-state index contributed by atoms with van der Waals surface area (Å²) < 4.78 is 13.6. The fraction of sp³-hybridized carbons (Fsp3) is 0.533. The lowest BCUT2D eigenvalue weighted by Gasteiger charge is -2.25. The van der Waals surface area contributed by atoms with E-state index in [-0.39, 0.29) is 23.9 Å². The van der Waals surface area contributed by atoms with Gasteiger partial charge in [0.15, 0.2) is 0 Å².